The van der Waals surface area contributed by atoms with Gasteiger partial charge in [-0.3, -0.25) is 0 Å². The number of nitrogens with zero attached hydrogens (tertiary/aromatic N) is 2. The largest absolute Gasteiger partial charge is 0.304 e. The first-order valence-corrected chi connectivity index (χ1v) is 21.8. The molecule has 0 saturated carbocycles. The second-order valence-electron chi connectivity index (χ2n) is 15.7. The molecular weight excluding hydrogens is 817 g/mol. The Balaban J connectivity index is 1.000. The summed E-state index contributed by atoms with van der Waals surface area (Å²) in [6, 6.07) is 54.7. The van der Waals surface area contributed by atoms with Crippen LogP contribution in [-0.2, 0) is 0 Å². The van der Waals surface area contributed by atoms with Gasteiger partial charge in [0.1, 0.15) is 11.4 Å². The van der Waals surface area contributed by atoms with Gasteiger partial charge in [-0.1, -0.05) is 121 Å². The Morgan fingerprint density at radius 3 is 1.10 bits per heavy atom. The minimum Gasteiger partial charge on any atom is -0.304 e. The molecule has 0 aliphatic rings. The highest BCUT2D eigenvalue weighted by Gasteiger charge is 2.31. The molecule has 294 valence electrons. The molecule has 0 unspecified atom stereocenters. The van der Waals surface area contributed by atoms with Crippen LogP contribution in [0.5, 0.6) is 0 Å². The molecule has 62 heavy (non-hydrogen) atoms. The van der Waals surface area contributed by atoms with Crippen molar-refractivity contribution < 1.29 is 17.6 Å². The second kappa shape index (κ2) is 13.1. The molecule has 0 radical (unpaired) electrons. The van der Waals surface area contributed by atoms with Crippen LogP contribution in [-0.4, -0.2) is 9.13 Å². The van der Waals surface area contributed by atoms with Gasteiger partial charge in [-0.15, -0.1) is 22.7 Å². The van der Waals surface area contributed by atoms with Gasteiger partial charge in [0.15, 0.2) is 23.3 Å². The lowest BCUT2D eigenvalue weighted by Crippen LogP contribution is -2.12. The molecule has 0 saturated heterocycles. The van der Waals surface area contributed by atoms with Crippen molar-refractivity contribution in [1.29, 1.82) is 0 Å². The van der Waals surface area contributed by atoms with E-state index in [-0.39, 0.29) is 0 Å². The molecule has 4 heterocycles. The molecule has 8 heteroatoms. The van der Waals surface area contributed by atoms with E-state index in [4.69, 9.17) is 0 Å². The zero-order valence-electron chi connectivity index (χ0n) is 32.4. The average molecular weight is 845 g/mol. The number of hydrogen-bond donors (Lipinski definition) is 0. The van der Waals surface area contributed by atoms with Crippen molar-refractivity contribution in [3.63, 3.8) is 0 Å². The first kappa shape index (κ1) is 35.5. The topological polar surface area (TPSA) is 9.86 Å². The number of para-hydroxylation sites is 2. The van der Waals surface area contributed by atoms with E-state index in [1.165, 1.54) is 29.3 Å². The Kier molecular flexibility index (Phi) is 7.51. The predicted molar refractivity (Wildman–Crippen MR) is 252 cm³/mol. The fourth-order valence-corrected chi connectivity index (χ4v) is 12.2. The molecule has 4 aromatic heterocycles. The van der Waals surface area contributed by atoms with E-state index in [0.717, 1.165) is 42.4 Å². The van der Waals surface area contributed by atoms with Gasteiger partial charge in [-0.2, -0.15) is 0 Å². The maximum Gasteiger partial charge on any atom is 0.188 e. The third-order valence-corrected chi connectivity index (χ3v) is 14.9. The van der Waals surface area contributed by atoms with Crippen LogP contribution in [0.2, 0.25) is 0 Å². The zero-order valence-corrected chi connectivity index (χ0v) is 34.0. The molecule has 13 aromatic rings. The van der Waals surface area contributed by atoms with Crippen molar-refractivity contribution in [3.8, 4) is 33.6 Å². The molecule has 0 N–H and O–H groups in total. The van der Waals surface area contributed by atoms with Crippen LogP contribution in [0, 0.1) is 23.3 Å². The van der Waals surface area contributed by atoms with Crippen LogP contribution < -0.4 is 0 Å². The van der Waals surface area contributed by atoms with Gasteiger partial charge in [0.25, 0.3) is 0 Å². The summed E-state index contributed by atoms with van der Waals surface area (Å²) in [6.07, 6.45) is 0. The molecule has 0 spiro atoms. The molecule has 0 fully saturated rings. The molecule has 0 atom stereocenters. The van der Waals surface area contributed by atoms with Crippen LogP contribution in [0.4, 0.5) is 17.6 Å². The minimum atomic E-state index is -1.49. The smallest absolute Gasteiger partial charge is 0.188 e. The van der Waals surface area contributed by atoms with Gasteiger partial charge in [-0.05, 0) is 70.8 Å². The van der Waals surface area contributed by atoms with Gasteiger partial charge in [0, 0.05) is 61.9 Å². The van der Waals surface area contributed by atoms with E-state index in [0.29, 0.717) is 43.6 Å². The van der Waals surface area contributed by atoms with E-state index in [9.17, 15) is 0 Å². The van der Waals surface area contributed by atoms with Crippen molar-refractivity contribution in [2.24, 2.45) is 0 Å². The van der Waals surface area contributed by atoms with Gasteiger partial charge >= 0.3 is 0 Å². The lowest BCUT2D eigenvalue weighted by atomic mass is 10.0. The van der Waals surface area contributed by atoms with Crippen LogP contribution in [0.3, 0.4) is 0 Å². The van der Waals surface area contributed by atoms with Crippen molar-refractivity contribution >= 4 is 107 Å². The molecule has 0 amide bonds. The lowest BCUT2D eigenvalue weighted by molar-refractivity contribution is 0.445. The first-order valence-electron chi connectivity index (χ1n) is 20.2. The second-order valence-corrected chi connectivity index (χ2v) is 17.8. The normalized spacial score (nSPS) is 12.2. The zero-order chi connectivity index (χ0) is 41.4. The molecule has 0 aliphatic carbocycles. The van der Waals surface area contributed by atoms with E-state index in [1.807, 2.05) is 84.9 Å². The van der Waals surface area contributed by atoms with Gasteiger partial charge in [0.05, 0.1) is 22.1 Å². The summed E-state index contributed by atoms with van der Waals surface area (Å²) in [6.45, 7) is 0. The molecule has 2 nitrogen and oxygen atoms in total. The minimum absolute atomic E-state index is 0.417. The van der Waals surface area contributed by atoms with Crippen LogP contribution in [0.25, 0.3) is 118 Å². The third-order valence-electron chi connectivity index (χ3n) is 12.4. The third kappa shape index (κ3) is 4.84. The monoisotopic (exact) mass is 844 g/mol. The summed E-state index contributed by atoms with van der Waals surface area (Å²) in [5.74, 6) is -5.95. The number of hydrogen-bond acceptors (Lipinski definition) is 2. The fourth-order valence-electron chi connectivity index (χ4n) is 9.71. The summed E-state index contributed by atoms with van der Waals surface area (Å²) >= 11 is 3.43. The Morgan fingerprint density at radius 2 is 0.661 bits per heavy atom. The highest BCUT2D eigenvalue weighted by molar-refractivity contribution is 7.26. The van der Waals surface area contributed by atoms with Crippen LogP contribution >= 0.6 is 22.7 Å². The number of benzene rings is 9. The number of thiophene rings is 2. The number of fused-ring (bicyclic) bond motifs is 12. The summed E-state index contributed by atoms with van der Waals surface area (Å²) in [5, 5.41) is 7.44. The summed E-state index contributed by atoms with van der Waals surface area (Å²) in [4.78, 5) is 0. The van der Waals surface area contributed by atoms with Gasteiger partial charge in [-0.25, -0.2) is 17.6 Å². The highest BCUT2D eigenvalue weighted by atomic mass is 32.1. The highest BCUT2D eigenvalue weighted by Crippen LogP contribution is 2.45. The fraction of sp³-hybridized carbons (Fsp3) is 0. The Hall–Kier alpha value is -7.26. The van der Waals surface area contributed by atoms with Gasteiger partial charge in [0.2, 0.25) is 0 Å². The van der Waals surface area contributed by atoms with Crippen molar-refractivity contribution in [1.82, 2.24) is 9.13 Å². The maximum absolute atomic E-state index is 17.0. The Labute approximate surface area is 358 Å². The number of aromatic nitrogens is 2. The Bertz CT molecular complexity index is 3760. The van der Waals surface area contributed by atoms with Crippen LogP contribution in [0.1, 0.15) is 0 Å². The summed E-state index contributed by atoms with van der Waals surface area (Å²) < 4.78 is 75.4. The lowest BCUT2D eigenvalue weighted by Gasteiger charge is -2.17. The Morgan fingerprint density at radius 1 is 0.306 bits per heavy atom. The van der Waals surface area contributed by atoms with Crippen molar-refractivity contribution in [2.75, 3.05) is 0 Å². The molecular formula is C54H28F4N2S2. The number of halogens is 4. The van der Waals surface area contributed by atoms with Crippen molar-refractivity contribution in [2.45, 2.75) is 0 Å². The SMILES string of the molecule is Fc1c(F)c(-n2c3ccccc3c3cc(-c4cccc5c4sc4ccccc45)ccc32)c(F)c(F)c1-n1c2ccccc2c2cc(-c3cccc4c3sc3ccccc34)ccc21. The van der Waals surface area contributed by atoms with Crippen LogP contribution in [0.15, 0.2) is 170 Å². The quantitative estimate of drug-likeness (QED) is 0.123. The van der Waals surface area contributed by atoms with E-state index < -0.39 is 34.6 Å². The standard InChI is InChI=1S/C54H28F4N2S2/c55-47-49(57)52(60-42-20-6-2-12-34(42)40-28-30(24-26-44(40)60)32-16-10-18-38-36-14-4-8-22-46(36)62-54(32)38)50(58)48(56)51(47)59-41-19-5-1-11-33(41)39-27-29(23-25-43(39)59)31-15-9-17-37-35-13-3-7-21-45(35)61-53(31)37/h1-28H. The molecule has 13 rings (SSSR count). The van der Waals surface area contributed by atoms with Crippen molar-refractivity contribution in [3.05, 3.63) is 193 Å². The van der Waals surface area contributed by atoms with E-state index in [1.54, 1.807) is 59.1 Å². The molecule has 9 aromatic carbocycles. The summed E-state index contributed by atoms with van der Waals surface area (Å²) in [5.41, 5.74) is 3.93. The summed E-state index contributed by atoms with van der Waals surface area (Å²) in [7, 11) is 0. The predicted octanol–water partition coefficient (Wildman–Crippen LogP) is 16.5. The van der Waals surface area contributed by atoms with E-state index >= 15 is 17.6 Å². The van der Waals surface area contributed by atoms with Gasteiger partial charge < -0.3 is 9.13 Å². The molecule has 0 bridgehead atoms. The average Bonchev–Trinajstić information content (AvgIpc) is 4.07. The van der Waals surface area contributed by atoms with E-state index in [2.05, 4.69) is 48.5 Å². The number of rotatable bonds is 4. The molecule has 0 aliphatic heterocycles. The maximum atomic E-state index is 17.0. The first-order chi connectivity index (χ1) is 30.4.